The second-order valence-corrected chi connectivity index (χ2v) is 8.74. The predicted molar refractivity (Wildman–Crippen MR) is 132 cm³/mol. The van der Waals surface area contributed by atoms with E-state index in [2.05, 4.69) is 36.7 Å². The Morgan fingerprint density at radius 1 is 1.09 bits per heavy atom. The van der Waals surface area contributed by atoms with Crippen molar-refractivity contribution in [1.29, 1.82) is 0 Å². The van der Waals surface area contributed by atoms with Crippen LogP contribution in [0, 0.1) is 24.6 Å². The lowest BCUT2D eigenvalue weighted by atomic mass is 10.0. The molecule has 0 spiro atoms. The topological polar surface area (TPSA) is 64.0 Å². The molecule has 1 aliphatic rings. The Hall–Kier alpha value is -3.89. The molecule has 1 atom stereocenters. The Morgan fingerprint density at radius 3 is 2.91 bits per heavy atom. The summed E-state index contributed by atoms with van der Waals surface area (Å²) in [6, 6.07) is 13.6. The van der Waals surface area contributed by atoms with E-state index in [4.69, 9.17) is 4.74 Å². The maximum absolute atomic E-state index is 14.2. The molecular weight excluding hydrogens is 441 g/mol. The molecule has 0 N–H and O–H groups in total. The largest absolute Gasteiger partial charge is 0.474 e. The summed E-state index contributed by atoms with van der Waals surface area (Å²) in [5, 5.41) is 0. The van der Waals surface area contributed by atoms with E-state index < -0.39 is 0 Å². The number of rotatable bonds is 5. The maximum Gasteiger partial charge on any atom is 0.249 e. The smallest absolute Gasteiger partial charge is 0.249 e. The number of hydrogen-bond donors (Lipinski definition) is 0. The fourth-order valence-corrected chi connectivity index (χ4v) is 4.30. The lowest BCUT2D eigenvalue weighted by molar-refractivity contribution is 0.0903. The molecule has 35 heavy (non-hydrogen) atoms. The molecule has 1 fully saturated rings. The Bertz CT molecular complexity index is 1400. The number of aromatic nitrogens is 4. The summed E-state index contributed by atoms with van der Waals surface area (Å²) >= 11 is 0. The fraction of sp³-hybridized carbons (Fsp3) is 0.286. The van der Waals surface area contributed by atoms with Gasteiger partial charge >= 0.3 is 0 Å². The van der Waals surface area contributed by atoms with Crippen LogP contribution in [0.1, 0.15) is 41.6 Å². The first kappa shape index (κ1) is 22.9. The molecule has 0 saturated carbocycles. The van der Waals surface area contributed by atoms with Gasteiger partial charge in [-0.05, 0) is 68.1 Å². The third kappa shape index (κ3) is 5.61. The van der Waals surface area contributed by atoms with E-state index >= 15 is 0 Å². The molecule has 4 aromatic rings. The SMILES string of the molecule is Cc1cccc(C#Cc2nc3ncccc3nc2OCC2CCCCN2Cc2ccncc2F)c1. The quantitative estimate of drug-likeness (QED) is 0.397. The molecule has 5 rings (SSSR count). The Kier molecular flexibility index (Phi) is 6.92. The van der Waals surface area contributed by atoms with E-state index in [1.54, 1.807) is 18.5 Å². The van der Waals surface area contributed by atoms with Gasteiger partial charge in [-0.1, -0.05) is 24.5 Å². The molecule has 6 nitrogen and oxygen atoms in total. The normalized spacial score (nSPS) is 16.0. The zero-order chi connectivity index (χ0) is 24.0. The Labute approximate surface area is 204 Å². The number of pyridine rings is 2. The molecule has 1 saturated heterocycles. The van der Waals surface area contributed by atoms with Crippen molar-refractivity contribution in [1.82, 2.24) is 24.8 Å². The molecule has 0 bridgehead atoms. The number of nitrogens with zero attached hydrogens (tertiary/aromatic N) is 5. The van der Waals surface area contributed by atoms with E-state index in [9.17, 15) is 4.39 Å². The van der Waals surface area contributed by atoms with Crippen molar-refractivity contribution in [2.24, 2.45) is 0 Å². The molecule has 1 aromatic carbocycles. The van der Waals surface area contributed by atoms with Crippen molar-refractivity contribution >= 4 is 11.2 Å². The molecule has 1 aliphatic heterocycles. The van der Waals surface area contributed by atoms with Crippen LogP contribution in [0.15, 0.2) is 61.1 Å². The average Bonchev–Trinajstić information content (AvgIpc) is 2.88. The van der Waals surface area contributed by atoms with Gasteiger partial charge in [0.05, 0.1) is 6.20 Å². The highest BCUT2D eigenvalue weighted by Gasteiger charge is 2.25. The minimum Gasteiger partial charge on any atom is -0.474 e. The van der Waals surface area contributed by atoms with E-state index in [0.29, 0.717) is 41.5 Å². The van der Waals surface area contributed by atoms with Gasteiger partial charge in [0.2, 0.25) is 5.88 Å². The van der Waals surface area contributed by atoms with Gasteiger partial charge in [-0.3, -0.25) is 9.88 Å². The van der Waals surface area contributed by atoms with E-state index in [-0.39, 0.29) is 11.9 Å². The van der Waals surface area contributed by atoms with Crippen molar-refractivity contribution in [3.05, 3.63) is 89.3 Å². The van der Waals surface area contributed by atoms with Gasteiger partial charge < -0.3 is 4.74 Å². The standard InChI is InChI=1S/C28H26FN5O/c1-20-6-4-7-21(16-20)10-11-26-28(33-25-9-5-13-31-27(25)32-26)35-19-23-8-2-3-15-34(23)18-22-12-14-30-17-24(22)29/h4-7,9,12-14,16-17,23H,2-3,8,15,18-19H2,1H3. The molecule has 0 aliphatic carbocycles. The van der Waals surface area contributed by atoms with Crippen molar-refractivity contribution in [3.63, 3.8) is 0 Å². The summed E-state index contributed by atoms with van der Waals surface area (Å²) in [5.74, 6) is 6.43. The molecule has 7 heteroatoms. The van der Waals surface area contributed by atoms with Gasteiger partial charge in [-0.2, -0.15) is 0 Å². The van der Waals surface area contributed by atoms with Crippen molar-refractivity contribution in [2.45, 2.75) is 38.8 Å². The molecular formula is C28H26FN5O. The van der Waals surface area contributed by atoms with Gasteiger partial charge in [0, 0.05) is 36.1 Å². The van der Waals surface area contributed by atoms with Crippen LogP contribution >= 0.6 is 0 Å². The molecule has 3 aromatic heterocycles. The number of fused-ring (bicyclic) bond motifs is 1. The summed E-state index contributed by atoms with van der Waals surface area (Å²) in [5.41, 5.74) is 4.33. The summed E-state index contributed by atoms with van der Waals surface area (Å²) in [6.45, 7) is 3.87. The molecule has 4 heterocycles. The van der Waals surface area contributed by atoms with Crippen LogP contribution in [-0.4, -0.2) is 44.0 Å². The Morgan fingerprint density at radius 2 is 2.03 bits per heavy atom. The van der Waals surface area contributed by atoms with Crippen LogP contribution in [0.25, 0.3) is 11.2 Å². The van der Waals surface area contributed by atoms with Gasteiger partial charge in [-0.25, -0.2) is 19.3 Å². The van der Waals surface area contributed by atoms with Crippen LogP contribution in [-0.2, 0) is 6.54 Å². The summed E-state index contributed by atoms with van der Waals surface area (Å²) in [7, 11) is 0. The number of ether oxygens (including phenoxy) is 1. The minimum absolute atomic E-state index is 0.139. The number of hydrogen-bond acceptors (Lipinski definition) is 6. The highest BCUT2D eigenvalue weighted by atomic mass is 19.1. The molecule has 1 unspecified atom stereocenters. The first-order valence-corrected chi connectivity index (χ1v) is 11.8. The van der Waals surface area contributed by atoms with E-state index in [1.807, 2.05) is 43.3 Å². The van der Waals surface area contributed by atoms with Gasteiger partial charge in [-0.15, -0.1) is 0 Å². The predicted octanol–water partition coefficient (Wildman–Crippen LogP) is 4.70. The Balaban J connectivity index is 1.39. The molecule has 0 amide bonds. The maximum atomic E-state index is 14.2. The number of halogens is 1. The first-order chi connectivity index (χ1) is 17.2. The highest BCUT2D eigenvalue weighted by Crippen LogP contribution is 2.23. The van der Waals surface area contributed by atoms with E-state index in [1.165, 1.54) is 6.20 Å². The number of piperidine rings is 1. The van der Waals surface area contributed by atoms with Crippen LogP contribution < -0.4 is 4.74 Å². The highest BCUT2D eigenvalue weighted by molar-refractivity contribution is 5.71. The zero-order valence-corrected chi connectivity index (χ0v) is 19.6. The van der Waals surface area contributed by atoms with Crippen LogP contribution in [0.2, 0.25) is 0 Å². The van der Waals surface area contributed by atoms with Crippen molar-refractivity contribution in [2.75, 3.05) is 13.2 Å². The monoisotopic (exact) mass is 467 g/mol. The van der Waals surface area contributed by atoms with Gasteiger partial charge in [0.15, 0.2) is 11.3 Å². The lowest BCUT2D eigenvalue weighted by Gasteiger charge is -2.35. The molecule has 0 radical (unpaired) electrons. The third-order valence-corrected chi connectivity index (χ3v) is 6.14. The van der Waals surface area contributed by atoms with E-state index in [0.717, 1.165) is 36.9 Å². The summed E-state index contributed by atoms with van der Waals surface area (Å²) < 4.78 is 20.5. The zero-order valence-electron chi connectivity index (χ0n) is 19.6. The van der Waals surface area contributed by atoms with Crippen molar-refractivity contribution in [3.8, 4) is 17.7 Å². The lowest BCUT2D eigenvalue weighted by Crippen LogP contribution is -2.42. The van der Waals surface area contributed by atoms with Crippen LogP contribution in [0.5, 0.6) is 5.88 Å². The first-order valence-electron chi connectivity index (χ1n) is 11.8. The minimum atomic E-state index is -0.278. The summed E-state index contributed by atoms with van der Waals surface area (Å²) in [4.78, 5) is 19.8. The fourth-order valence-electron chi connectivity index (χ4n) is 4.30. The second-order valence-electron chi connectivity index (χ2n) is 8.74. The number of aryl methyl sites for hydroxylation is 1. The van der Waals surface area contributed by atoms with Crippen LogP contribution in [0.3, 0.4) is 0 Å². The van der Waals surface area contributed by atoms with Gasteiger partial charge in [0.1, 0.15) is 17.9 Å². The van der Waals surface area contributed by atoms with Gasteiger partial charge in [0.25, 0.3) is 0 Å². The van der Waals surface area contributed by atoms with Crippen molar-refractivity contribution < 1.29 is 9.13 Å². The summed E-state index contributed by atoms with van der Waals surface area (Å²) in [6.07, 6.45) is 7.75. The average molecular weight is 468 g/mol. The number of likely N-dealkylation sites (tertiary alicyclic amines) is 1. The molecule has 176 valence electrons. The number of benzene rings is 1. The van der Waals surface area contributed by atoms with Crippen LogP contribution in [0.4, 0.5) is 4.39 Å². The second kappa shape index (κ2) is 10.6. The third-order valence-electron chi connectivity index (χ3n) is 6.14.